The van der Waals surface area contributed by atoms with Gasteiger partial charge in [0, 0.05) is 18.7 Å². The van der Waals surface area contributed by atoms with E-state index in [4.69, 9.17) is 16.3 Å². The second kappa shape index (κ2) is 6.30. The van der Waals surface area contributed by atoms with E-state index in [1.54, 1.807) is 18.2 Å². The molecule has 0 saturated heterocycles. The number of halogens is 3. The van der Waals surface area contributed by atoms with Crippen LogP contribution in [0.2, 0.25) is 5.02 Å². The Hall–Kier alpha value is -1.17. The lowest BCUT2D eigenvalue weighted by molar-refractivity contribution is 0.455. The van der Waals surface area contributed by atoms with E-state index in [0.29, 0.717) is 33.7 Å². The average molecular weight is 372 g/mol. The van der Waals surface area contributed by atoms with Crippen LogP contribution < -0.4 is 10.1 Å². The lowest BCUT2D eigenvalue weighted by Gasteiger charge is -2.10. The zero-order chi connectivity index (χ0) is 14.8. The summed E-state index contributed by atoms with van der Waals surface area (Å²) >= 11 is 9.40. The van der Waals surface area contributed by atoms with Gasteiger partial charge in [0.1, 0.15) is 11.6 Å². The normalized spacial score (nSPS) is 14.2. The summed E-state index contributed by atoms with van der Waals surface area (Å²) in [4.78, 5) is 4.40. The molecule has 0 bridgehead atoms. The highest BCUT2D eigenvalue weighted by Gasteiger charge is 2.20. The smallest absolute Gasteiger partial charge is 0.219 e. The quantitative estimate of drug-likeness (QED) is 0.828. The Labute approximate surface area is 135 Å². The van der Waals surface area contributed by atoms with Crippen molar-refractivity contribution in [3.05, 3.63) is 51.3 Å². The Bertz CT molecular complexity index is 664. The predicted octanol–water partition coefficient (Wildman–Crippen LogP) is 4.68. The molecular weight excluding hydrogens is 359 g/mol. The van der Waals surface area contributed by atoms with Gasteiger partial charge >= 0.3 is 0 Å². The molecule has 1 fully saturated rings. The number of aromatic nitrogens is 1. The van der Waals surface area contributed by atoms with Crippen LogP contribution >= 0.6 is 27.5 Å². The first-order valence-electron chi connectivity index (χ1n) is 6.63. The van der Waals surface area contributed by atoms with Gasteiger partial charge in [0.25, 0.3) is 0 Å². The molecule has 1 N–H and O–H groups in total. The average Bonchev–Trinajstić information content (AvgIpc) is 3.26. The van der Waals surface area contributed by atoms with Gasteiger partial charge in [-0.1, -0.05) is 11.6 Å². The topological polar surface area (TPSA) is 34.1 Å². The third-order valence-electron chi connectivity index (χ3n) is 3.14. The van der Waals surface area contributed by atoms with Crippen molar-refractivity contribution in [3.63, 3.8) is 0 Å². The summed E-state index contributed by atoms with van der Waals surface area (Å²) in [6.45, 7) is 0.616. The monoisotopic (exact) mass is 370 g/mol. The molecular formula is C15H13BrClFN2O. The van der Waals surface area contributed by atoms with E-state index in [0.717, 1.165) is 5.69 Å². The second-order valence-corrected chi connectivity index (χ2v) is 6.17. The van der Waals surface area contributed by atoms with Crippen molar-refractivity contribution in [1.29, 1.82) is 0 Å². The summed E-state index contributed by atoms with van der Waals surface area (Å²) in [6, 6.07) is 8.27. The largest absolute Gasteiger partial charge is 0.438 e. The van der Waals surface area contributed by atoms with E-state index in [1.807, 2.05) is 0 Å². The van der Waals surface area contributed by atoms with Gasteiger partial charge in [-0.05, 0) is 53.0 Å². The fourth-order valence-electron chi connectivity index (χ4n) is 1.84. The molecule has 1 aromatic carbocycles. The second-order valence-electron chi connectivity index (χ2n) is 4.91. The maximum Gasteiger partial charge on any atom is 0.219 e. The van der Waals surface area contributed by atoms with Crippen molar-refractivity contribution >= 4 is 27.5 Å². The maximum atomic E-state index is 13.1. The molecule has 0 amide bonds. The minimum Gasteiger partial charge on any atom is -0.438 e. The van der Waals surface area contributed by atoms with Crippen molar-refractivity contribution < 1.29 is 9.13 Å². The summed E-state index contributed by atoms with van der Waals surface area (Å²) in [6.07, 6.45) is 2.41. The van der Waals surface area contributed by atoms with Crippen LogP contribution in [0.15, 0.2) is 34.8 Å². The first-order chi connectivity index (χ1) is 10.1. The summed E-state index contributed by atoms with van der Waals surface area (Å²) in [5, 5.41) is 3.97. The van der Waals surface area contributed by atoms with E-state index >= 15 is 0 Å². The molecule has 0 atom stereocenters. The lowest BCUT2D eigenvalue weighted by Crippen LogP contribution is -2.16. The Morgan fingerprint density at radius 1 is 1.33 bits per heavy atom. The summed E-state index contributed by atoms with van der Waals surface area (Å²) in [5.74, 6) is 0.610. The van der Waals surface area contributed by atoms with E-state index in [9.17, 15) is 4.39 Å². The fourth-order valence-corrected chi connectivity index (χ4v) is 2.45. The van der Waals surface area contributed by atoms with Gasteiger partial charge in [-0.15, -0.1) is 0 Å². The minimum absolute atomic E-state index is 0.326. The van der Waals surface area contributed by atoms with Crippen molar-refractivity contribution in [2.45, 2.75) is 25.4 Å². The third kappa shape index (κ3) is 3.93. The Morgan fingerprint density at radius 2 is 2.14 bits per heavy atom. The molecule has 3 nitrogen and oxygen atoms in total. The first-order valence-corrected chi connectivity index (χ1v) is 7.80. The van der Waals surface area contributed by atoms with Gasteiger partial charge in [-0.2, -0.15) is 0 Å². The molecule has 0 unspecified atom stereocenters. The lowest BCUT2D eigenvalue weighted by atomic mass is 10.3. The molecule has 0 radical (unpaired) electrons. The SMILES string of the molecule is Fc1ccc(Oc2ccc(Cl)c(CNC3CC3)n2)c(Br)c1. The fraction of sp³-hybridized carbons (Fsp3) is 0.267. The molecule has 110 valence electrons. The van der Waals surface area contributed by atoms with Crippen LogP contribution in [-0.4, -0.2) is 11.0 Å². The molecule has 1 aromatic heterocycles. The molecule has 3 rings (SSSR count). The van der Waals surface area contributed by atoms with Crippen LogP contribution in [0.4, 0.5) is 4.39 Å². The Morgan fingerprint density at radius 3 is 2.86 bits per heavy atom. The van der Waals surface area contributed by atoms with E-state index in [1.165, 1.54) is 25.0 Å². The molecule has 1 saturated carbocycles. The van der Waals surface area contributed by atoms with Crippen LogP contribution in [0.3, 0.4) is 0 Å². The van der Waals surface area contributed by atoms with Gasteiger partial charge < -0.3 is 10.1 Å². The number of nitrogens with one attached hydrogen (secondary N) is 1. The third-order valence-corrected chi connectivity index (χ3v) is 4.10. The zero-order valence-electron chi connectivity index (χ0n) is 11.1. The summed E-state index contributed by atoms with van der Waals surface area (Å²) in [7, 11) is 0. The molecule has 1 heterocycles. The number of nitrogens with zero attached hydrogens (tertiary/aromatic N) is 1. The van der Waals surface area contributed by atoms with Crippen LogP contribution in [0.5, 0.6) is 11.6 Å². The summed E-state index contributed by atoms with van der Waals surface area (Å²) < 4.78 is 19.3. The molecule has 2 aromatic rings. The molecule has 1 aliphatic rings. The standard InChI is InChI=1S/C15H13BrClFN2O/c16-11-7-9(18)1-5-14(11)21-15-6-4-12(17)13(20-15)8-19-10-2-3-10/h1,4-7,10,19H,2-3,8H2. The number of hydrogen-bond acceptors (Lipinski definition) is 3. The molecule has 1 aliphatic carbocycles. The van der Waals surface area contributed by atoms with Gasteiger partial charge in [0.05, 0.1) is 15.2 Å². The van der Waals surface area contributed by atoms with E-state index < -0.39 is 0 Å². The number of pyridine rings is 1. The molecule has 6 heteroatoms. The number of hydrogen-bond donors (Lipinski definition) is 1. The Kier molecular flexibility index (Phi) is 4.42. The number of rotatable bonds is 5. The first kappa shape index (κ1) is 14.8. The highest BCUT2D eigenvalue weighted by Crippen LogP contribution is 2.30. The van der Waals surface area contributed by atoms with Crippen molar-refractivity contribution in [1.82, 2.24) is 10.3 Å². The molecule has 0 spiro atoms. The number of ether oxygens (including phenoxy) is 1. The molecule has 21 heavy (non-hydrogen) atoms. The van der Waals surface area contributed by atoms with Crippen LogP contribution in [0.25, 0.3) is 0 Å². The van der Waals surface area contributed by atoms with E-state index in [-0.39, 0.29) is 5.82 Å². The molecule has 0 aliphatic heterocycles. The van der Waals surface area contributed by atoms with Gasteiger partial charge in [0.2, 0.25) is 5.88 Å². The van der Waals surface area contributed by atoms with Crippen LogP contribution in [-0.2, 0) is 6.54 Å². The minimum atomic E-state index is -0.326. The van der Waals surface area contributed by atoms with E-state index in [2.05, 4.69) is 26.2 Å². The maximum absolute atomic E-state index is 13.1. The predicted molar refractivity (Wildman–Crippen MR) is 83.3 cm³/mol. The highest BCUT2D eigenvalue weighted by molar-refractivity contribution is 9.10. The highest BCUT2D eigenvalue weighted by atomic mass is 79.9. The van der Waals surface area contributed by atoms with Crippen LogP contribution in [0, 0.1) is 5.82 Å². The van der Waals surface area contributed by atoms with Gasteiger partial charge in [0.15, 0.2) is 0 Å². The van der Waals surface area contributed by atoms with Crippen molar-refractivity contribution in [2.24, 2.45) is 0 Å². The van der Waals surface area contributed by atoms with Crippen LogP contribution in [0.1, 0.15) is 18.5 Å². The summed E-state index contributed by atoms with van der Waals surface area (Å²) in [5.41, 5.74) is 0.749. The zero-order valence-corrected chi connectivity index (χ0v) is 13.4. The van der Waals surface area contributed by atoms with Crippen molar-refractivity contribution in [3.8, 4) is 11.6 Å². The van der Waals surface area contributed by atoms with Gasteiger partial charge in [-0.3, -0.25) is 0 Å². The van der Waals surface area contributed by atoms with Gasteiger partial charge in [-0.25, -0.2) is 9.37 Å². The van der Waals surface area contributed by atoms with Crippen molar-refractivity contribution in [2.75, 3.05) is 0 Å². The Balaban J connectivity index is 1.76. The number of benzene rings is 1.